The predicted molar refractivity (Wildman–Crippen MR) is 216 cm³/mol. The number of anilines is 1. The van der Waals surface area contributed by atoms with Gasteiger partial charge in [0.2, 0.25) is 11.8 Å². The van der Waals surface area contributed by atoms with Gasteiger partial charge in [-0.2, -0.15) is 0 Å². The van der Waals surface area contributed by atoms with Crippen LogP contribution in [0.15, 0.2) is 29.6 Å². The zero-order valence-electron chi connectivity index (χ0n) is 34.2. The van der Waals surface area contributed by atoms with Gasteiger partial charge < -0.3 is 39.8 Å². The summed E-state index contributed by atoms with van der Waals surface area (Å²) in [5, 5.41) is 12.4. The summed E-state index contributed by atoms with van der Waals surface area (Å²) in [7, 11) is 1.29. The van der Waals surface area contributed by atoms with E-state index in [4.69, 9.17) is 28.9 Å². The monoisotopic (exact) mass is 818 g/mol. The van der Waals surface area contributed by atoms with E-state index < -0.39 is 53.0 Å². The zero-order valence-corrected chi connectivity index (χ0v) is 35.0. The largest absolute Gasteiger partial charge is 0.488 e. The number of amides is 3. The number of aromatic nitrogens is 2. The van der Waals surface area contributed by atoms with Crippen molar-refractivity contribution in [2.75, 3.05) is 25.6 Å². The summed E-state index contributed by atoms with van der Waals surface area (Å²) >= 11 is 1.45. The van der Waals surface area contributed by atoms with Crippen LogP contribution in [0.1, 0.15) is 80.1 Å². The number of hydrogen-bond acceptors (Lipinski definition) is 13. The fourth-order valence-corrected chi connectivity index (χ4v) is 9.37. The van der Waals surface area contributed by atoms with Crippen LogP contribution in [0.5, 0.6) is 11.5 Å². The lowest BCUT2D eigenvalue weighted by Crippen LogP contribution is -2.59. The number of nitrogens with zero attached hydrogens (tertiary/aromatic N) is 3. The van der Waals surface area contributed by atoms with Crippen molar-refractivity contribution in [3.8, 4) is 22.9 Å². The number of benzene rings is 1. The molecule has 2 unspecified atom stereocenters. The fourth-order valence-electron chi connectivity index (χ4n) is 8.52. The molecule has 8 atom stereocenters. The van der Waals surface area contributed by atoms with E-state index >= 15 is 0 Å². The molecule has 1 saturated heterocycles. The molecule has 0 radical (unpaired) electrons. The minimum Gasteiger partial charge on any atom is -0.488 e. The minimum absolute atomic E-state index is 0.00742. The summed E-state index contributed by atoms with van der Waals surface area (Å²) in [5.41, 5.74) is -0.280. The first-order valence-corrected chi connectivity index (χ1v) is 21.1. The average molecular weight is 819 g/mol. The molecule has 2 aromatic heterocycles. The Bertz CT molecular complexity index is 2060. The molecule has 4 aliphatic rings. The van der Waals surface area contributed by atoms with Gasteiger partial charge in [0.05, 0.1) is 24.9 Å². The predicted octanol–water partition coefficient (Wildman–Crippen LogP) is 5.50. The molecule has 4 fully saturated rings. The van der Waals surface area contributed by atoms with Crippen molar-refractivity contribution in [1.82, 2.24) is 25.5 Å². The number of aldehydes is 1. The molecule has 15 nitrogen and oxygen atoms in total. The third-order valence-electron chi connectivity index (χ3n) is 11.7. The van der Waals surface area contributed by atoms with Crippen LogP contribution < -0.4 is 25.4 Å². The first-order valence-electron chi connectivity index (χ1n) is 20.2. The van der Waals surface area contributed by atoms with Gasteiger partial charge in [0.15, 0.2) is 11.4 Å². The number of likely N-dealkylation sites (tertiary alicyclic amines) is 1. The van der Waals surface area contributed by atoms with Crippen molar-refractivity contribution in [2.45, 2.75) is 116 Å². The van der Waals surface area contributed by atoms with Crippen molar-refractivity contribution in [2.24, 2.45) is 23.2 Å². The number of alkyl carbamates (subject to hydrolysis) is 1. The summed E-state index contributed by atoms with van der Waals surface area (Å²) in [6.07, 6.45) is 3.15. The number of nitrogens with one attached hydrogen (secondary N) is 3. The Morgan fingerprint density at radius 2 is 1.79 bits per heavy atom. The van der Waals surface area contributed by atoms with Crippen molar-refractivity contribution < 1.29 is 42.9 Å². The highest BCUT2D eigenvalue weighted by molar-refractivity contribution is 7.14. The van der Waals surface area contributed by atoms with Crippen molar-refractivity contribution in [3.63, 3.8) is 0 Å². The Morgan fingerprint density at radius 1 is 1.03 bits per heavy atom. The lowest BCUT2D eigenvalue weighted by atomic mass is 9.85. The van der Waals surface area contributed by atoms with E-state index in [9.17, 15) is 24.0 Å². The Hall–Kier alpha value is -4.99. The van der Waals surface area contributed by atoms with Gasteiger partial charge in [-0.1, -0.05) is 34.1 Å². The second-order valence-electron chi connectivity index (χ2n) is 17.4. The molecule has 0 spiro atoms. The van der Waals surface area contributed by atoms with Gasteiger partial charge in [-0.25, -0.2) is 19.6 Å². The van der Waals surface area contributed by atoms with Gasteiger partial charge in [-0.3, -0.25) is 14.4 Å². The number of esters is 1. The maximum Gasteiger partial charge on any atom is 0.408 e. The summed E-state index contributed by atoms with van der Waals surface area (Å²) < 4.78 is 23.2. The van der Waals surface area contributed by atoms with Crippen LogP contribution in [0.2, 0.25) is 0 Å². The highest BCUT2D eigenvalue weighted by atomic mass is 32.1. The third kappa shape index (κ3) is 8.71. The van der Waals surface area contributed by atoms with Crippen LogP contribution in [-0.4, -0.2) is 101 Å². The first kappa shape index (κ1) is 41.2. The lowest BCUT2D eigenvalue weighted by molar-refractivity contribution is -0.148. The molecule has 3 N–H and O–H groups in total. The summed E-state index contributed by atoms with van der Waals surface area (Å²) in [6, 6.07) is 5.09. The lowest BCUT2D eigenvalue weighted by Gasteiger charge is -2.35. The fraction of sp³-hybridized carbons (Fsp3) is 0.595. The molecule has 3 aromatic rings. The van der Waals surface area contributed by atoms with Crippen LogP contribution in [-0.2, 0) is 28.7 Å². The van der Waals surface area contributed by atoms with Crippen molar-refractivity contribution in [3.05, 3.63) is 29.6 Å². The van der Waals surface area contributed by atoms with E-state index in [1.165, 1.54) is 29.8 Å². The van der Waals surface area contributed by atoms with E-state index in [-0.39, 0.29) is 37.6 Å². The standard InChI is InChI=1S/C42H54N6O9S/c1-8-25-19-42(25,38(52)54-7)47-36(50)33-17-28(20-48(33)37(51)35(41(4,5)6)46-40(53)57-27-14-23-13-24(23)15-27)56-34-18-31(32-21-58-39(45-32)43-22(2)3)44-30-16-26(55-12-11-49)9-10-29(30)34/h9-11,16,18,21-25,27-28,33,35H,8,12-15,17,19-20H2,1-7H3,(H,43,45)(H,46,53)(H,47,50)/t23-,24+,25-,27?,28-,33+,35?,42-/m1/s1. The van der Waals surface area contributed by atoms with Crippen molar-refractivity contribution >= 4 is 57.5 Å². The molecular formula is C42H54N6O9S. The number of pyridine rings is 1. The van der Waals surface area contributed by atoms with E-state index in [1.54, 1.807) is 24.3 Å². The number of ether oxygens (including phenoxy) is 4. The molecule has 0 bridgehead atoms. The number of carbonyl (C=O) groups excluding carboxylic acids is 5. The van der Waals surface area contributed by atoms with Crippen molar-refractivity contribution in [1.29, 1.82) is 0 Å². The number of thiazole rings is 1. The maximum absolute atomic E-state index is 14.7. The highest BCUT2D eigenvalue weighted by Crippen LogP contribution is 2.52. The van der Waals surface area contributed by atoms with Gasteiger partial charge in [-0.15, -0.1) is 11.3 Å². The zero-order chi connectivity index (χ0) is 41.5. The Kier molecular flexibility index (Phi) is 11.6. The molecular weight excluding hydrogens is 765 g/mol. The molecule has 1 aromatic carbocycles. The summed E-state index contributed by atoms with van der Waals surface area (Å²) in [4.78, 5) is 77.6. The number of methoxy groups -OCH3 is 1. The maximum atomic E-state index is 14.7. The molecule has 312 valence electrons. The average Bonchev–Trinajstić information content (AvgIpc) is 3.84. The number of fused-ring (bicyclic) bond motifs is 2. The van der Waals surface area contributed by atoms with E-state index in [0.717, 1.165) is 18.0 Å². The summed E-state index contributed by atoms with van der Waals surface area (Å²) in [5.74, 6) is 0.491. The van der Waals surface area contributed by atoms with Gasteiger partial charge in [0.25, 0.3) is 0 Å². The van der Waals surface area contributed by atoms with Gasteiger partial charge in [0, 0.05) is 35.4 Å². The van der Waals surface area contributed by atoms with Gasteiger partial charge >= 0.3 is 12.1 Å². The number of rotatable bonds is 15. The molecule has 3 saturated carbocycles. The third-order valence-corrected chi connectivity index (χ3v) is 12.5. The molecule has 1 aliphatic heterocycles. The topological polar surface area (TPSA) is 187 Å². The van der Waals surface area contributed by atoms with E-state index in [2.05, 4.69) is 16.0 Å². The number of hydrogen-bond donors (Lipinski definition) is 3. The molecule has 58 heavy (non-hydrogen) atoms. The molecule has 7 rings (SSSR count). The van der Waals surface area contributed by atoms with Crippen LogP contribution in [0.3, 0.4) is 0 Å². The molecule has 3 heterocycles. The second-order valence-corrected chi connectivity index (χ2v) is 18.3. The van der Waals surface area contributed by atoms with Gasteiger partial charge in [-0.05, 0) is 74.8 Å². The van der Waals surface area contributed by atoms with E-state index in [1.807, 2.05) is 46.9 Å². The SMILES string of the molecule is CC[C@@H]1C[C@]1(NC(=O)[C@@H]1C[C@@H](Oc2cc(-c3csc(NC(C)C)n3)nc3cc(OCC=O)ccc23)CN1C(=O)C(NC(=O)OC1C[C@@H]2C[C@@H]2C1)C(C)(C)C)C(=O)OC. The highest BCUT2D eigenvalue weighted by Gasteiger charge is 2.62. The van der Waals surface area contributed by atoms with Crippen LogP contribution in [0.25, 0.3) is 22.3 Å². The second kappa shape index (κ2) is 16.3. The van der Waals surface area contributed by atoms with Crippen LogP contribution in [0.4, 0.5) is 9.93 Å². The molecule has 3 aliphatic carbocycles. The first-order chi connectivity index (χ1) is 27.6. The Labute approximate surface area is 342 Å². The number of carbonyl (C=O) groups is 5. The van der Waals surface area contributed by atoms with Crippen LogP contribution >= 0.6 is 11.3 Å². The normalized spacial score (nSPS) is 26.4. The van der Waals surface area contributed by atoms with Crippen LogP contribution in [0, 0.1) is 23.2 Å². The quantitative estimate of drug-likeness (QED) is 0.129. The minimum atomic E-state index is -1.18. The summed E-state index contributed by atoms with van der Waals surface area (Å²) in [6.45, 7) is 11.4. The smallest absolute Gasteiger partial charge is 0.408 e. The Morgan fingerprint density at radius 3 is 2.45 bits per heavy atom. The Balaban J connectivity index is 1.20. The molecule has 3 amide bonds. The van der Waals surface area contributed by atoms with E-state index in [0.29, 0.717) is 64.8 Å². The van der Waals surface area contributed by atoms with Gasteiger partial charge in [0.1, 0.15) is 53.6 Å². The molecule has 16 heteroatoms.